The molecule has 154 valence electrons. The van der Waals surface area contributed by atoms with Crippen LogP contribution in [0.4, 0.5) is 0 Å². The van der Waals surface area contributed by atoms with Crippen LogP contribution in [-0.4, -0.2) is 27.9 Å². The maximum absolute atomic E-state index is 12.3. The Balaban J connectivity index is 1.52. The molecule has 3 aromatic carbocycles. The topological polar surface area (TPSA) is 79.8 Å². The summed E-state index contributed by atoms with van der Waals surface area (Å²) >= 11 is 0. The van der Waals surface area contributed by atoms with E-state index < -0.39 is 10.2 Å². The highest BCUT2D eigenvalue weighted by molar-refractivity contribution is 7.88. The third kappa shape index (κ3) is 4.80. The predicted octanol–water partition coefficient (Wildman–Crippen LogP) is 3.35. The number of fused-ring (bicyclic) bond motifs is 1. The van der Waals surface area contributed by atoms with Gasteiger partial charge in [0, 0.05) is 24.7 Å². The van der Waals surface area contributed by atoms with Gasteiger partial charge in [0.1, 0.15) is 11.6 Å². The van der Waals surface area contributed by atoms with Gasteiger partial charge in [-0.2, -0.15) is 8.42 Å². The van der Waals surface area contributed by atoms with E-state index in [0.717, 1.165) is 27.6 Å². The van der Waals surface area contributed by atoms with Gasteiger partial charge in [0.25, 0.3) is 0 Å². The van der Waals surface area contributed by atoms with E-state index in [4.69, 9.17) is 4.74 Å². The average molecular weight is 422 g/mol. The highest BCUT2D eigenvalue weighted by atomic mass is 32.2. The minimum atomic E-state index is -3.67. The molecule has 0 amide bonds. The van der Waals surface area contributed by atoms with Crippen LogP contribution in [0.3, 0.4) is 0 Å². The molecule has 0 saturated heterocycles. The lowest BCUT2D eigenvalue weighted by Crippen LogP contribution is -2.44. The Morgan fingerprint density at radius 3 is 2.50 bits per heavy atom. The number of benzene rings is 3. The van der Waals surface area contributed by atoms with Crippen LogP contribution in [0, 0.1) is 0 Å². The van der Waals surface area contributed by atoms with Crippen LogP contribution in [0.1, 0.15) is 11.1 Å². The molecule has 0 bridgehead atoms. The molecule has 1 aliphatic rings. The zero-order valence-electron chi connectivity index (χ0n) is 16.6. The lowest BCUT2D eigenvalue weighted by molar-refractivity contribution is 0.414. The fourth-order valence-electron chi connectivity index (χ4n) is 3.47. The normalized spacial score (nSPS) is 16.6. The van der Waals surface area contributed by atoms with E-state index in [-0.39, 0.29) is 0 Å². The Kier molecular flexibility index (Phi) is 5.72. The third-order valence-electron chi connectivity index (χ3n) is 4.92. The van der Waals surface area contributed by atoms with Gasteiger partial charge in [-0.3, -0.25) is 14.4 Å². The Labute approximate surface area is 176 Å². The molecular weight excluding hydrogens is 398 g/mol. The summed E-state index contributed by atoms with van der Waals surface area (Å²) in [7, 11) is -2.04. The number of ether oxygens (including phenoxy) is 1. The predicted molar refractivity (Wildman–Crippen MR) is 120 cm³/mol. The average Bonchev–Trinajstić information content (AvgIpc) is 2.73. The second-order valence-corrected chi connectivity index (χ2v) is 8.47. The first-order valence-electron chi connectivity index (χ1n) is 9.67. The van der Waals surface area contributed by atoms with E-state index in [1.165, 1.54) is 0 Å². The quantitative estimate of drug-likeness (QED) is 0.641. The number of hydrogen-bond donors (Lipinski definition) is 2. The zero-order chi connectivity index (χ0) is 21.0. The summed E-state index contributed by atoms with van der Waals surface area (Å²) in [6, 6.07) is 21.9. The molecule has 1 heterocycles. The van der Waals surface area contributed by atoms with Crippen molar-refractivity contribution in [3.8, 4) is 5.75 Å². The lowest BCUT2D eigenvalue weighted by Gasteiger charge is -2.19. The van der Waals surface area contributed by atoms with Gasteiger partial charge in [0.15, 0.2) is 0 Å². The summed E-state index contributed by atoms with van der Waals surface area (Å²) in [6.45, 7) is 0.474. The molecule has 2 N–H and O–H groups in total. The number of methoxy groups -OCH3 is 1. The van der Waals surface area contributed by atoms with E-state index >= 15 is 0 Å². The monoisotopic (exact) mass is 421 g/mol. The Bertz CT molecular complexity index is 1210. The second-order valence-electron chi connectivity index (χ2n) is 7.06. The van der Waals surface area contributed by atoms with E-state index in [0.29, 0.717) is 30.9 Å². The number of aliphatic imine (C=N–C) groups is 1. The van der Waals surface area contributed by atoms with E-state index in [9.17, 15) is 8.42 Å². The molecule has 30 heavy (non-hydrogen) atoms. The van der Waals surface area contributed by atoms with Crippen molar-refractivity contribution in [1.82, 2.24) is 9.44 Å². The number of amidine groups is 1. The van der Waals surface area contributed by atoms with Gasteiger partial charge in [-0.25, -0.2) is 0 Å². The van der Waals surface area contributed by atoms with Gasteiger partial charge in [-0.15, -0.1) is 0 Å². The van der Waals surface area contributed by atoms with Crippen molar-refractivity contribution in [2.24, 2.45) is 4.99 Å². The van der Waals surface area contributed by atoms with Gasteiger partial charge < -0.3 is 4.74 Å². The molecule has 6 nitrogen and oxygen atoms in total. The summed E-state index contributed by atoms with van der Waals surface area (Å²) < 4.78 is 34.8. The van der Waals surface area contributed by atoms with Crippen molar-refractivity contribution in [1.29, 1.82) is 0 Å². The molecule has 0 fully saturated rings. The maximum Gasteiger partial charge on any atom is 0.322 e. The molecule has 3 aromatic rings. The van der Waals surface area contributed by atoms with Gasteiger partial charge in [0.2, 0.25) is 0 Å². The molecule has 7 heteroatoms. The second kappa shape index (κ2) is 8.59. The molecule has 0 saturated carbocycles. The summed E-state index contributed by atoms with van der Waals surface area (Å²) in [4.78, 5) is 4.45. The highest BCUT2D eigenvalue weighted by Crippen LogP contribution is 2.21. The minimum absolute atomic E-state index is 0.345. The van der Waals surface area contributed by atoms with Crippen molar-refractivity contribution in [2.45, 2.75) is 12.8 Å². The van der Waals surface area contributed by atoms with Crippen molar-refractivity contribution < 1.29 is 13.2 Å². The number of rotatable bonds is 6. The molecule has 0 radical (unpaired) electrons. The smallest absolute Gasteiger partial charge is 0.322 e. The Morgan fingerprint density at radius 1 is 0.933 bits per heavy atom. The molecule has 0 spiro atoms. The maximum atomic E-state index is 12.3. The Hall–Kier alpha value is -3.32. The minimum Gasteiger partial charge on any atom is -0.497 e. The van der Waals surface area contributed by atoms with Gasteiger partial charge in [-0.05, 0) is 40.5 Å². The molecule has 0 aromatic heterocycles. The van der Waals surface area contributed by atoms with Crippen LogP contribution in [0.15, 0.2) is 83.5 Å². The van der Waals surface area contributed by atoms with Crippen LogP contribution in [0.2, 0.25) is 0 Å². The van der Waals surface area contributed by atoms with Gasteiger partial charge in [0.05, 0.1) is 7.11 Å². The van der Waals surface area contributed by atoms with Gasteiger partial charge >= 0.3 is 10.2 Å². The fourth-order valence-corrected chi connectivity index (χ4v) is 4.40. The van der Waals surface area contributed by atoms with Crippen molar-refractivity contribution in [3.05, 3.63) is 89.6 Å². The summed E-state index contributed by atoms with van der Waals surface area (Å²) in [5.41, 5.74) is 2.76. The fraction of sp³-hybridized carbons (Fsp3) is 0.174. The number of nitrogens with zero attached hydrogens (tertiary/aromatic N) is 1. The number of hydrogen-bond acceptors (Lipinski definition) is 4. The van der Waals surface area contributed by atoms with Crippen LogP contribution < -0.4 is 14.2 Å². The van der Waals surface area contributed by atoms with Crippen molar-refractivity contribution in [3.63, 3.8) is 0 Å². The summed E-state index contributed by atoms with van der Waals surface area (Å²) in [5, 5.41) is 2.23. The van der Waals surface area contributed by atoms with E-state index in [1.807, 2.05) is 66.7 Å². The summed E-state index contributed by atoms with van der Waals surface area (Å²) in [6.07, 6.45) is 2.94. The first-order valence-corrected chi connectivity index (χ1v) is 11.2. The molecule has 1 aliphatic heterocycles. The van der Waals surface area contributed by atoms with Gasteiger partial charge in [-0.1, -0.05) is 54.6 Å². The Morgan fingerprint density at radius 2 is 1.70 bits per heavy atom. The SMILES string of the molecule is COc1ccc(CCN=C2C=C(Cc3cccc4ccccc34)NS(=O)(=O)N2)cc1. The largest absolute Gasteiger partial charge is 0.497 e. The first-order chi connectivity index (χ1) is 14.5. The van der Waals surface area contributed by atoms with Crippen LogP contribution >= 0.6 is 0 Å². The molecule has 4 rings (SSSR count). The van der Waals surface area contributed by atoms with E-state index in [1.54, 1.807) is 13.2 Å². The summed E-state index contributed by atoms with van der Waals surface area (Å²) in [5.74, 6) is 1.15. The molecule has 0 unspecified atom stereocenters. The van der Waals surface area contributed by atoms with Crippen LogP contribution in [0.25, 0.3) is 10.8 Å². The van der Waals surface area contributed by atoms with E-state index in [2.05, 4.69) is 14.4 Å². The first kappa shape index (κ1) is 20.0. The number of nitrogens with one attached hydrogen (secondary N) is 2. The zero-order valence-corrected chi connectivity index (χ0v) is 17.4. The van der Waals surface area contributed by atoms with Crippen LogP contribution in [0.5, 0.6) is 5.75 Å². The van der Waals surface area contributed by atoms with Crippen LogP contribution in [-0.2, 0) is 23.1 Å². The number of allylic oxidation sites excluding steroid dienone is 1. The molecule has 0 aliphatic carbocycles. The standard InChI is InChI=1S/C23H23N3O3S/c1-29-21-11-9-17(10-12-21)13-14-24-23-16-20(25-30(27,28)26-23)15-19-7-4-6-18-5-2-3-8-22(18)19/h2-12,16,25H,13-15H2,1H3,(H,24,26). The van der Waals surface area contributed by atoms with Crippen molar-refractivity contribution in [2.75, 3.05) is 13.7 Å². The van der Waals surface area contributed by atoms with Crippen molar-refractivity contribution >= 4 is 26.8 Å². The molecular formula is C23H23N3O3S. The lowest BCUT2D eigenvalue weighted by atomic mass is 10.0. The third-order valence-corrected chi connectivity index (χ3v) is 5.93. The molecule has 0 atom stereocenters. The highest BCUT2D eigenvalue weighted by Gasteiger charge is 2.20.